The molecule has 4 heteroatoms. The molecule has 0 heterocycles. The van der Waals surface area contributed by atoms with Gasteiger partial charge in [-0.2, -0.15) is 0 Å². The van der Waals surface area contributed by atoms with Crippen LogP contribution in [0.1, 0.15) is 25.8 Å². The van der Waals surface area contributed by atoms with Crippen molar-refractivity contribution < 1.29 is 9.47 Å². The van der Waals surface area contributed by atoms with Gasteiger partial charge in [-0.15, -0.1) is 0 Å². The summed E-state index contributed by atoms with van der Waals surface area (Å²) in [5.74, 6) is 0.962. The number of rotatable bonds is 9. The molecule has 0 amide bonds. The molecule has 1 rings (SSSR count). The lowest BCUT2D eigenvalue weighted by Gasteiger charge is -2.12. The molecule has 0 aliphatic carbocycles. The normalized spacial score (nSPS) is 10.6. The number of hydrogen-bond acceptors (Lipinski definition) is 3. The molecule has 0 aliphatic rings. The molecule has 1 aromatic rings. The Morgan fingerprint density at radius 3 is 2.78 bits per heavy atom. The van der Waals surface area contributed by atoms with Crippen molar-refractivity contribution in [2.45, 2.75) is 26.8 Å². The number of halogens is 1. The zero-order valence-corrected chi connectivity index (χ0v) is 12.8. The van der Waals surface area contributed by atoms with Gasteiger partial charge in [0.25, 0.3) is 0 Å². The molecule has 0 aromatic heterocycles. The molecule has 18 heavy (non-hydrogen) atoms. The molecule has 0 unspecified atom stereocenters. The predicted octanol–water partition coefficient (Wildman–Crippen LogP) is 3.36. The van der Waals surface area contributed by atoms with Gasteiger partial charge in [-0.25, -0.2) is 0 Å². The van der Waals surface area contributed by atoms with E-state index in [2.05, 4.69) is 34.2 Å². The van der Waals surface area contributed by atoms with Crippen molar-refractivity contribution in [1.82, 2.24) is 5.32 Å². The smallest absolute Gasteiger partial charge is 0.123 e. The van der Waals surface area contributed by atoms with Crippen LogP contribution >= 0.6 is 15.9 Å². The second-order valence-corrected chi connectivity index (χ2v) is 4.89. The standard InChI is InChI=1S/C14H22BrNO2/c1-3-8-18-14-6-5-13(15)10-12(14)11-16-7-9-17-4-2/h5-6,10,16H,3-4,7-9,11H2,1-2H3. The SMILES string of the molecule is CCCOc1ccc(Br)cc1CNCCOCC. The molecule has 0 saturated carbocycles. The van der Waals surface area contributed by atoms with Crippen LogP contribution in [0.15, 0.2) is 22.7 Å². The number of ether oxygens (including phenoxy) is 2. The summed E-state index contributed by atoms with van der Waals surface area (Å²) in [6.07, 6.45) is 1.02. The molecule has 1 aromatic carbocycles. The largest absolute Gasteiger partial charge is 0.493 e. The molecular weight excluding hydrogens is 294 g/mol. The molecule has 0 atom stereocenters. The van der Waals surface area contributed by atoms with Gasteiger partial charge in [0.15, 0.2) is 0 Å². The number of hydrogen-bond donors (Lipinski definition) is 1. The minimum atomic E-state index is 0.746. The third-order valence-electron chi connectivity index (χ3n) is 2.43. The third-order valence-corrected chi connectivity index (χ3v) is 2.92. The molecule has 102 valence electrons. The summed E-state index contributed by atoms with van der Waals surface area (Å²) in [6.45, 7) is 8.04. The molecule has 0 saturated heterocycles. The summed E-state index contributed by atoms with van der Waals surface area (Å²) < 4.78 is 12.1. The average Bonchev–Trinajstić information content (AvgIpc) is 2.37. The summed E-state index contributed by atoms with van der Waals surface area (Å²) in [7, 11) is 0. The van der Waals surface area contributed by atoms with Crippen molar-refractivity contribution in [3.63, 3.8) is 0 Å². The minimum absolute atomic E-state index is 0.746. The van der Waals surface area contributed by atoms with Crippen molar-refractivity contribution in [2.24, 2.45) is 0 Å². The van der Waals surface area contributed by atoms with Crippen molar-refractivity contribution >= 4 is 15.9 Å². The van der Waals surface area contributed by atoms with Crippen molar-refractivity contribution in [1.29, 1.82) is 0 Å². The van der Waals surface area contributed by atoms with Gasteiger partial charge in [0.2, 0.25) is 0 Å². The Bertz CT molecular complexity index is 345. The first kappa shape index (κ1) is 15.5. The molecule has 0 radical (unpaired) electrons. The zero-order valence-electron chi connectivity index (χ0n) is 11.2. The van der Waals surface area contributed by atoms with E-state index in [9.17, 15) is 0 Å². The van der Waals surface area contributed by atoms with E-state index in [0.29, 0.717) is 0 Å². The second-order valence-electron chi connectivity index (χ2n) is 3.97. The Morgan fingerprint density at radius 1 is 1.22 bits per heavy atom. The van der Waals surface area contributed by atoms with E-state index in [1.807, 2.05) is 19.1 Å². The maximum absolute atomic E-state index is 5.73. The van der Waals surface area contributed by atoms with Crippen molar-refractivity contribution in [3.05, 3.63) is 28.2 Å². The van der Waals surface area contributed by atoms with Crippen LogP contribution < -0.4 is 10.1 Å². The summed E-state index contributed by atoms with van der Waals surface area (Å²) in [4.78, 5) is 0. The number of benzene rings is 1. The highest BCUT2D eigenvalue weighted by Gasteiger charge is 2.04. The van der Waals surface area contributed by atoms with Crippen LogP contribution in [0.3, 0.4) is 0 Å². The number of nitrogens with one attached hydrogen (secondary N) is 1. The van der Waals surface area contributed by atoms with Crippen LogP contribution in [0.2, 0.25) is 0 Å². The first-order valence-corrected chi connectivity index (χ1v) is 7.27. The molecule has 1 N–H and O–H groups in total. The molecule has 3 nitrogen and oxygen atoms in total. The summed E-state index contributed by atoms with van der Waals surface area (Å²) in [5, 5.41) is 3.35. The quantitative estimate of drug-likeness (QED) is 0.709. The third kappa shape index (κ3) is 5.85. The Labute approximate surface area is 118 Å². The van der Waals surface area contributed by atoms with Gasteiger partial charge < -0.3 is 14.8 Å². The van der Waals surface area contributed by atoms with Crippen LogP contribution in [-0.4, -0.2) is 26.4 Å². The fourth-order valence-corrected chi connectivity index (χ4v) is 1.96. The van der Waals surface area contributed by atoms with Crippen molar-refractivity contribution in [2.75, 3.05) is 26.4 Å². The maximum Gasteiger partial charge on any atom is 0.123 e. The highest BCUT2D eigenvalue weighted by molar-refractivity contribution is 9.10. The van der Waals surface area contributed by atoms with E-state index < -0.39 is 0 Å². The van der Waals surface area contributed by atoms with E-state index in [4.69, 9.17) is 9.47 Å². The summed E-state index contributed by atoms with van der Waals surface area (Å²) in [5.41, 5.74) is 1.18. The van der Waals surface area contributed by atoms with Gasteiger partial charge >= 0.3 is 0 Å². The monoisotopic (exact) mass is 315 g/mol. The van der Waals surface area contributed by atoms with Gasteiger partial charge in [0.1, 0.15) is 5.75 Å². The molecule has 0 aliphatic heterocycles. The topological polar surface area (TPSA) is 30.5 Å². The predicted molar refractivity (Wildman–Crippen MR) is 78.1 cm³/mol. The van der Waals surface area contributed by atoms with E-state index >= 15 is 0 Å². The van der Waals surface area contributed by atoms with E-state index in [1.54, 1.807) is 0 Å². The molecule has 0 fully saturated rings. The highest BCUT2D eigenvalue weighted by Crippen LogP contribution is 2.23. The minimum Gasteiger partial charge on any atom is -0.493 e. The van der Waals surface area contributed by atoms with Gasteiger partial charge in [0.05, 0.1) is 13.2 Å². The van der Waals surface area contributed by atoms with Crippen molar-refractivity contribution in [3.8, 4) is 5.75 Å². The van der Waals surface area contributed by atoms with E-state index in [0.717, 1.165) is 49.6 Å². The molecule has 0 bridgehead atoms. The van der Waals surface area contributed by atoms with Crippen LogP contribution in [0.25, 0.3) is 0 Å². The van der Waals surface area contributed by atoms with Gasteiger partial charge in [-0.1, -0.05) is 22.9 Å². The van der Waals surface area contributed by atoms with Crippen LogP contribution in [0, 0.1) is 0 Å². The summed E-state index contributed by atoms with van der Waals surface area (Å²) in [6, 6.07) is 6.12. The lowest BCUT2D eigenvalue weighted by atomic mass is 10.2. The summed E-state index contributed by atoms with van der Waals surface area (Å²) >= 11 is 3.49. The van der Waals surface area contributed by atoms with Crippen LogP contribution in [0.5, 0.6) is 5.75 Å². The lowest BCUT2D eigenvalue weighted by molar-refractivity contribution is 0.149. The van der Waals surface area contributed by atoms with E-state index in [-0.39, 0.29) is 0 Å². The fraction of sp³-hybridized carbons (Fsp3) is 0.571. The van der Waals surface area contributed by atoms with Crippen LogP contribution in [0.4, 0.5) is 0 Å². The average molecular weight is 316 g/mol. The Hall–Kier alpha value is -0.580. The van der Waals surface area contributed by atoms with Gasteiger partial charge in [0, 0.05) is 29.7 Å². The molecular formula is C14H22BrNO2. The molecule has 0 spiro atoms. The fourth-order valence-electron chi connectivity index (χ4n) is 1.55. The second kappa shape index (κ2) is 9.36. The lowest BCUT2D eigenvalue weighted by Crippen LogP contribution is -2.19. The highest BCUT2D eigenvalue weighted by atomic mass is 79.9. The first-order valence-electron chi connectivity index (χ1n) is 6.47. The van der Waals surface area contributed by atoms with Gasteiger partial charge in [-0.05, 0) is 31.5 Å². The maximum atomic E-state index is 5.73. The Morgan fingerprint density at radius 2 is 2.06 bits per heavy atom. The zero-order chi connectivity index (χ0) is 13.2. The van der Waals surface area contributed by atoms with E-state index in [1.165, 1.54) is 5.56 Å². The Balaban J connectivity index is 2.47. The van der Waals surface area contributed by atoms with Gasteiger partial charge in [-0.3, -0.25) is 0 Å². The first-order chi connectivity index (χ1) is 8.77. The Kier molecular flexibility index (Phi) is 8.05. The van der Waals surface area contributed by atoms with Crippen LogP contribution in [-0.2, 0) is 11.3 Å².